The van der Waals surface area contributed by atoms with Crippen LogP contribution < -0.4 is 14.2 Å². The third kappa shape index (κ3) is 4.79. The monoisotopic (exact) mass is 394 g/mol. The van der Waals surface area contributed by atoms with Crippen molar-refractivity contribution in [1.29, 1.82) is 0 Å². The Labute approximate surface area is 157 Å². The van der Waals surface area contributed by atoms with E-state index in [-0.39, 0.29) is 29.6 Å². The lowest BCUT2D eigenvalue weighted by Gasteiger charge is -2.11. The molecule has 2 heterocycles. The van der Waals surface area contributed by atoms with Crippen LogP contribution in [-0.2, 0) is 6.54 Å². The van der Waals surface area contributed by atoms with Gasteiger partial charge >= 0.3 is 12.6 Å². The summed E-state index contributed by atoms with van der Waals surface area (Å²) in [6, 6.07) is 6.07. The molecule has 1 aromatic carbocycles. The molecule has 0 atom stereocenters. The molecule has 0 spiro atoms. The van der Waals surface area contributed by atoms with Gasteiger partial charge < -0.3 is 14.9 Å². The summed E-state index contributed by atoms with van der Waals surface area (Å²) in [5.41, 5.74) is 1.33. The van der Waals surface area contributed by atoms with Crippen LogP contribution in [-0.4, -0.2) is 38.7 Å². The first-order valence-electron chi connectivity index (χ1n) is 7.91. The van der Waals surface area contributed by atoms with E-state index in [0.717, 1.165) is 0 Å². The summed E-state index contributed by atoms with van der Waals surface area (Å²) in [5.74, 6) is 0.200. The largest absolute Gasteiger partial charge is 0.870 e. The average molecular weight is 394 g/mol. The Hall–Kier alpha value is -3.54. The Bertz CT molecular complexity index is 937. The first-order valence-corrected chi connectivity index (χ1v) is 7.91. The lowest BCUT2D eigenvalue weighted by Crippen LogP contribution is -2.36. The second-order valence-electron chi connectivity index (χ2n) is 5.22. The molecule has 0 bridgehead atoms. The SMILES string of the molecule is CCOc1ncc(C[n+]2[nH]cnc2N=O)nc1-c1cccc(OC(F)F)c1.[OH-]. The van der Waals surface area contributed by atoms with Crippen molar-refractivity contribution in [2.45, 2.75) is 20.1 Å². The zero-order chi connectivity index (χ0) is 19.2. The molecule has 28 heavy (non-hydrogen) atoms. The Morgan fingerprint density at radius 1 is 1.32 bits per heavy atom. The standard InChI is InChI=1S/C16H14F2N6O3.H2O/c1-2-26-14-13(10-4-3-5-12(6-10)27-15(17)18)22-11(7-19-14)8-24-16(23-25)20-9-21-24;/h3-7,9,15H,2,8H2,1H3;1H2. The molecular weight excluding hydrogens is 378 g/mol. The third-order valence-corrected chi connectivity index (χ3v) is 3.44. The minimum atomic E-state index is -2.94. The zero-order valence-electron chi connectivity index (χ0n) is 14.6. The first-order chi connectivity index (χ1) is 13.1. The maximum absolute atomic E-state index is 12.5. The van der Waals surface area contributed by atoms with Gasteiger partial charge in [-0.3, -0.25) is 0 Å². The highest BCUT2D eigenvalue weighted by molar-refractivity contribution is 5.66. The molecule has 12 heteroatoms. The van der Waals surface area contributed by atoms with E-state index < -0.39 is 6.61 Å². The number of aromatic amines is 1. The van der Waals surface area contributed by atoms with E-state index in [1.165, 1.54) is 29.3 Å². The number of nitroso groups, excluding NO2 is 1. The van der Waals surface area contributed by atoms with E-state index in [4.69, 9.17) is 4.74 Å². The van der Waals surface area contributed by atoms with E-state index in [1.54, 1.807) is 19.1 Å². The van der Waals surface area contributed by atoms with Crippen molar-refractivity contribution >= 4 is 5.95 Å². The summed E-state index contributed by atoms with van der Waals surface area (Å²) >= 11 is 0. The molecule has 2 N–H and O–H groups in total. The van der Waals surface area contributed by atoms with E-state index in [2.05, 4.69) is 30.0 Å². The fraction of sp³-hybridized carbons (Fsp3) is 0.250. The molecule has 10 nitrogen and oxygen atoms in total. The van der Waals surface area contributed by atoms with Crippen molar-refractivity contribution in [2.24, 2.45) is 5.18 Å². The summed E-state index contributed by atoms with van der Waals surface area (Å²) < 4.78 is 36.3. The smallest absolute Gasteiger partial charge is 0.495 e. The van der Waals surface area contributed by atoms with E-state index >= 15 is 0 Å². The van der Waals surface area contributed by atoms with Crippen molar-refractivity contribution in [3.05, 3.63) is 47.4 Å². The van der Waals surface area contributed by atoms with Gasteiger partial charge in [0.1, 0.15) is 18.0 Å². The predicted octanol–water partition coefficient (Wildman–Crippen LogP) is 2.42. The number of nitrogens with zero attached hydrogens (tertiary/aromatic N) is 5. The number of nitrogens with one attached hydrogen (secondary N) is 1. The highest BCUT2D eigenvalue weighted by Crippen LogP contribution is 2.29. The van der Waals surface area contributed by atoms with Gasteiger partial charge in [0.2, 0.25) is 5.88 Å². The van der Waals surface area contributed by atoms with Gasteiger partial charge in [-0.2, -0.15) is 8.78 Å². The van der Waals surface area contributed by atoms with Gasteiger partial charge in [-0.05, 0) is 19.1 Å². The molecule has 0 amide bonds. The van der Waals surface area contributed by atoms with Crippen LogP contribution in [0.2, 0.25) is 0 Å². The summed E-state index contributed by atoms with van der Waals surface area (Å²) in [7, 11) is 0. The molecule has 3 aromatic rings. The van der Waals surface area contributed by atoms with Crippen LogP contribution in [0, 0.1) is 4.91 Å². The van der Waals surface area contributed by atoms with E-state index in [1.807, 2.05) is 0 Å². The van der Waals surface area contributed by atoms with E-state index in [0.29, 0.717) is 23.6 Å². The number of aromatic nitrogens is 5. The highest BCUT2D eigenvalue weighted by Gasteiger charge is 2.18. The highest BCUT2D eigenvalue weighted by atomic mass is 19.3. The molecule has 0 fully saturated rings. The number of ether oxygens (including phenoxy) is 2. The maximum atomic E-state index is 12.5. The van der Waals surface area contributed by atoms with Crippen molar-refractivity contribution in [3.8, 4) is 22.9 Å². The molecule has 0 radical (unpaired) electrons. The van der Waals surface area contributed by atoms with Gasteiger partial charge in [0.15, 0.2) is 11.5 Å². The number of rotatable bonds is 8. The van der Waals surface area contributed by atoms with Crippen LogP contribution in [0.4, 0.5) is 14.7 Å². The predicted molar refractivity (Wildman–Crippen MR) is 90.5 cm³/mol. The molecule has 0 unspecified atom stereocenters. The van der Waals surface area contributed by atoms with Crippen molar-refractivity contribution < 1.29 is 28.4 Å². The maximum Gasteiger partial charge on any atom is 0.495 e. The fourth-order valence-electron chi connectivity index (χ4n) is 2.38. The number of hydrogen-bond acceptors (Lipinski definition) is 8. The quantitative estimate of drug-likeness (QED) is 0.457. The molecule has 148 valence electrons. The van der Waals surface area contributed by atoms with Crippen molar-refractivity contribution in [2.75, 3.05) is 6.61 Å². The summed E-state index contributed by atoms with van der Waals surface area (Å²) in [6.45, 7) is -0.642. The molecule has 0 aliphatic carbocycles. The van der Waals surface area contributed by atoms with Crippen molar-refractivity contribution in [3.63, 3.8) is 0 Å². The van der Waals surface area contributed by atoms with Crippen LogP contribution in [0.25, 0.3) is 11.3 Å². The molecule has 0 saturated carbocycles. The van der Waals surface area contributed by atoms with Crippen LogP contribution in [0.1, 0.15) is 12.6 Å². The second-order valence-corrected chi connectivity index (χ2v) is 5.22. The Balaban J connectivity index is 0.00000280. The molecule has 3 rings (SSSR count). The Morgan fingerprint density at radius 2 is 2.14 bits per heavy atom. The number of halogens is 2. The van der Waals surface area contributed by atoms with Crippen LogP contribution in [0.15, 0.2) is 42.0 Å². The summed E-state index contributed by atoms with van der Waals surface area (Å²) in [5, 5.41) is 5.55. The van der Waals surface area contributed by atoms with E-state index in [9.17, 15) is 13.7 Å². The Kier molecular flexibility index (Phi) is 6.98. The van der Waals surface area contributed by atoms with Gasteiger partial charge in [0.05, 0.1) is 18.5 Å². The minimum absolute atomic E-state index is 0. The molecule has 2 aromatic heterocycles. The number of alkyl halides is 2. The average Bonchev–Trinajstić information content (AvgIpc) is 3.10. The number of H-pyrrole nitrogens is 1. The lowest BCUT2D eigenvalue weighted by molar-refractivity contribution is -0.731. The number of benzene rings is 1. The third-order valence-electron chi connectivity index (χ3n) is 3.44. The minimum Gasteiger partial charge on any atom is -0.870 e. The Morgan fingerprint density at radius 3 is 2.86 bits per heavy atom. The first kappa shape index (κ1) is 20.8. The zero-order valence-corrected chi connectivity index (χ0v) is 14.6. The van der Waals surface area contributed by atoms with Crippen LogP contribution in [0.3, 0.4) is 0 Å². The second kappa shape index (κ2) is 9.41. The molecular formula is C16H16F2N6O4. The molecule has 0 saturated heterocycles. The lowest BCUT2D eigenvalue weighted by atomic mass is 10.1. The summed E-state index contributed by atoms with van der Waals surface area (Å²) in [6.07, 6.45) is 2.81. The summed E-state index contributed by atoms with van der Waals surface area (Å²) in [4.78, 5) is 23.2. The van der Waals surface area contributed by atoms with Gasteiger partial charge in [0, 0.05) is 5.56 Å². The van der Waals surface area contributed by atoms with Gasteiger partial charge in [-0.25, -0.2) is 15.1 Å². The normalized spacial score (nSPS) is 10.4. The van der Waals surface area contributed by atoms with Gasteiger partial charge in [-0.1, -0.05) is 22.0 Å². The molecule has 0 aliphatic heterocycles. The van der Waals surface area contributed by atoms with Gasteiger partial charge in [-0.15, -0.1) is 4.68 Å². The van der Waals surface area contributed by atoms with Crippen LogP contribution in [0.5, 0.6) is 11.6 Å². The van der Waals surface area contributed by atoms with Gasteiger partial charge in [0.25, 0.3) is 0 Å². The topological polar surface area (TPSA) is 136 Å². The fourth-order valence-corrected chi connectivity index (χ4v) is 2.38. The number of hydrogen-bond donors (Lipinski definition) is 1. The molecule has 0 aliphatic rings. The van der Waals surface area contributed by atoms with Crippen LogP contribution >= 0.6 is 0 Å². The van der Waals surface area contributed by atoms with Crippen molar-refractivity contribution in [1.82, 2.24) is 20.1 Å².